The van der Waals surface area contributed by atoms with Gasteiger partial charge in [-0.1, -0.05) is 0 Å². The molecule has 2 aromatic rings. The highest BCUT2D eigenvalue weighted by Crippen LogP contribution is 2.17. The third kappa shape index (κ3) is 1.41. The van der Waals surface area contributed by atoms with Crippen molar-refractivity contribution in [3.05, 3.63) is 28.7 Å². The summed E-state index contributed by atoms with van der Waals surface area (Å²) in [7, 11) is -4.75. The van der Waals surface area contributed by atoms with Crippen LogP contribution in [0.3, 0.4) is 0 Å². The average molecular weight is 217 g/mol. The summed E-state index contributed by atoms with van der Waals surface area (Å²) in [6.45, 7) is 0. The van der Waals surface area contributed by atoms with Crippen LogP contribution in [0.15, 0.2) is 32.3 Å². The van der Waals surface area contributed by atoms with Crippen LogP contribution in [0.5, 0.6) is 0 Å². The van der Waals surface area contributed by atoms with Gasteiger partial charge in [0.25, 0.3) is 0 Å². The van der Waals surface area contributed by atoms with Crippen molar-refractivity contribution >= 4 is 21.3 Å². The fraction of sp³-hybridized carbons (Fsp3) is 0. The van der Waals surface area contributed by atoms with Crippen LogP contribution in [0.2, 0.25) is 0 Å². The van der Waals surface area contributed by atoms with E-state index < -0.39 is 20.9 Å². The third-order valence-corrected chi connectivity index (χ3v) is 2.49. The Kier molecular flexibility index (Phi) is 1.71. The van der Waals surface area contributed by atoms with Gasteiger partial charge in [-0.2, -0.15) is 8.42 Å². The van der Waals surface area contributed by atoms with E-state index >= 15 is 0 Å². The number of H-pyrrole nitrogens is 1. The Bertz CT molecular complexity index is 639. The van der Waals surface area contributed by atoms with Gasteiger partial charge < -0.3 is 4.42 Å². The zero-order valence-corrected chi connectivity index (χ0v) is 7.47. The van der Waals surface area contributed by atoms with Crippen molar-refractivity contribution in [3.63, 3.8) is 0 Å². The van der Waals surface area contributed by atoms with Gasteiger partial charge in [0.1, 0.15) is 4.90 Å². The van der Waals surface area contributed by atoms with Gasteiger partial charge in [-0.15, -0.1) is 3.89 Å². The van der Waals surface area contributed by atoms with Crippen LogP contribution in [-0.2, 0) is 10.2 Å². The zero-order chi connectivity index (χ0) is 10.3. The van der Waals surface area contributed by atoms with Crippen molar-refractivity contribution in [1.29, 1.82) is 0 Å². The van der Waals surface area contributed by atoms with Crippen molar-refractivity contribution in [1.82, 2.24) is 4.98 Å². The molecule has 0 saturated heterocycles. The number of rotatable bonds is 1. The monoisotopic (exact) mass is 217 g/mol. The molecule has 0 amide bonds. The summed E-state index contributed by atoms with van der Waals surface area (Å²) < 4.78 is 38.1. The summed E-state index contributed by atoms with van der Waals surface area (Å²) in [4.78, 5) is 12.4. The molecule has 7 heteroatoms. The molecule has 2 rings (SSSR count). The Balaban J connectivity index is 2.80. The highest BCUT2D eigenvalue weighted by Gasteiger charge is 2.13. The fourth-order valence-corrected chi connectivity index (χ4v) is 1.57. The number of fused-ring (bicyclic) bond motifs is 1. The van der Waals surface area contributed by atoms with Gasteiger partial charge in [0, 0.05) is 0 Å². The molecule has 0 aliphatic heterocycles. The zero-order valence-electron chi connectivity index (χ0n) is 6.65. The second-order valence-electron chi connectivity index (χ2n) is 2.61. The maximum atomic E-state index is 12.5. The normalized spacial score (nSPS) is 12.1. The molecule has 14 heavy (non-hydrogen) atoms. The first-order valence-corrected chi connectivity index (χ1v) is 4.93. The van der Waals surface area contributed by atoms with Gasteiger partial charge >= 0.3 is 16.0 Å². The standard InChI is InChI=1S/C7H4FNO4S/c8-14(11,12)4-1-2-6-5(3-4)9-7(10)13-6/h1-3H,(H,9,10). The lowest BCUT2D eigenvalue weighted by Gasteiger charge is -1.92. The molecular formula is C7H4FNO4S. The molecular weight excluding hydrogens is 213 g/mol. The van der Waals surface area contributed by atoms with E-state index in [1.165, 1.54) is 6.07 Å². The van der Waals surface area contributed by atoms with Crippen molar-refractivity contribution in [2.75, 3.05) is 0 Å². The smallest absolute Gasteiger partial charge is 0.408 e. The molecule has 0 atom stereocenters. The van der Waals surface area contributed by atoms with Crippen LogP contribution >= 0.6 is 0 Å². The van der Waals surface area contributed by atoms with Gasteiger partial charge in [-0.25, -0.2) is 4.79 Å². The van der Waals surface area contributed by atoms with E-state index in [4.69, 9.17) is 0 Å². The topological polar surface area (TPSA) is 80.1 Å². The van der Waals surface area contributed by atoms with E-state index in [-0.39, 0.29) is 11.1 Å². The lowest BCUT2D eigenvalue weighted by Crippen LogP contribution is -1.93. The molecule has 1 heterocycles. The average Bonchev–Trinajstić information content (AvgIpc) is 2.41. The van der Waals surface area contributed by atoms with Crippen molar-refractivity contribution in [2.24, 2.45) is 0 Å². The van der Waals surface area contributed by atoms with Crippen LogP contribution in [0.4, 0.5) is 3.89 Å². The van der Waals surface area contributed by atoms with Crippen molar-refractivity contribution in [3.8, 4) is 0 Å². The molecule has 1 aromatic heterocycles. The van der Waals surface area contributed by atoms with E-state index in [0.29, 0.717) is 0 Å². The summed E-state index contributed by atoms with van der Waals surface area (Å²) in [5.41, 5.74) is 0.330. The van der Waals surface area contributed by atoms with Crippen molar-refractivity contribution < 1.29 is 16.7 Å². The number of aromatic amines is 1. The van der Waals surface area contributed by atoms with Crippen LogP contribution in [0, 0.1) is 0 Å². The predicted octanol–water partition coefficient (Wildman–Crippen LogP) is 0.779. The number of aromatic nitrogens is 1. The molecule has 0 saturated carbocycles. The van der Waals surface area contributed by atoms with E-state index in [1.54, 1.807) is 0 Å². The third-order valence-electron chi connectivity index (χ3n) is 1.67. The predicted molar refractivity (Wildman–Crippen MR) is 45.1 cm³/mol. The second-order valence-corrected chi connectivity index (χ2v) is 3.96. The van der Waals surface area contributed by atoms with Crippen LogP contribution in [0.1, 0.15) is 0 Å². The van der Waals surface area contributed by atoms with Gasteiger partial charge in [0.15, 0.2) is 5.58 Å². The first-order chi connectivity index (χ1) is 6.47. The molecule has 0 aliphatic carbocycles. The number of benzene rings is 1. The minimum Gasteiger partial charge on any atom is -0.408 e. The second kappa shape index (κ2) is 2.68. The summed E-state index contributed by atoms with van der Waals surface area (Å²) in [5.74, 6) is -0.714. The van der Waals surface area contributed by atoms with E-state index in [2.05, 4.69) is 9.40 Å². The number of hydrogen-bond acceptors (Lipinski definition) is 4. The van der Waals surface area contributed by atoms with Crippen LogP contribution in [-0.4, -0.2) is 13.4 Å². The molecule has 0 radical (unpaired) electrons. The van der Waals surface area contributed by atoms with Gasteiger partial charge in [-0.05, 0) is 18.2 Å². The van der Waals surface area contributed by atoms with E-state index in [9.17, 15) is 17.1 Å². The first kappa shape index (κ1) is 8.95. The Morgan fingerprint density at radius 1 is 1.36 bits per heavy atom. The summed E-state index contributed by atoms with van der Waals surface area (Å²) in [5, 5.41) is 0. The summed E-state index contributed by atoms with van der Waals surface area (Å²) in [6, 6.07) is 3.23. The minimum absolute atomic E-state index is 0.147. The largest absolute Gasteiger partial charge is 0.417 e. The molecule has 74 valence electrons. The maximum absolute atomic E-state index is 12.5. The molecule has 0 aliphatic rings. The number of hydrogen-bond donors (Lipinski definition) is 1. The Labute approximate surface area is 77.4 Å². The molecule has 0 bridgehead atoms. The minimum atomic E-state index is -4.75. The number of halogens is 1. The van der Waals surface area contributed by atoms with E-state index in [0.717, 1.165) is 12.1 Å². The van der Waals surface area contributed by atoms with Gasteiger partial charge in [0.2, 0.25) is 0 Å². The molecule has 5 nitrogen and oxygen atoms in total. The van der Waals surface area contributed by atoms with Crippen LogP contribution in [0.25, 0.3) is 11.1 Å². The SMILES string of the molecule is O=c1[nH]c2cc(S(=O)(=O)F)ccc2o1. The quantitative estimate of drug-likeness (QED) is 0.716. The Hall–Kier alpha value is -1.63. The van der Waals surface area contributed by atoms with E-state index in [1.807, 2.05) is 0 Å². The summed E-state index contributed by atoms with van der Waals surface area (Å²) >= 11 is 0. The van der Waals surface area contributed by atoms with Gasteiger partial charge in [-0.3, -0.25) is 4.98 Å². The Morgan fingerprint density at radius 2 is 2.07 bits per heavy atom. The van der Waals surface area contributed by atoms with Crippen molar-refractivity contribution in [2.45, 2.75) is 4.90 Å². The number of oxazole rings is 1. The van der Waals surface area contributed by atoms with Crippen LogP contribution < -0.4 is 5.76 Å². The van der Waals surface area contributed by atoms with Gasteiger partial charge in [0.05, 0.1) is 5.52 Å². The number of nitrogens with one attached hydrogen (secondary N) is 1. The summed E-state index contributed by atoms with van der Waals surface area (Å²) in [6.07, 6.45) is 0. The molecule has 1 N–H and O–H groups in total. The molecule has 0 spiro atoms. The Morgan fingerprint density at radius 3 is 2.71 bits per heavy atom. The molecule has 0 fully saturated rings. The lowest BCUT2D eigenvalue weighted by atomic mass is 10.3. The highest BCUT2D eigenvalue weighted by molar-refractivity contribution is 7.86. The highest BCUT2D eigenvalue weighted by atomic mass is 32.3. The molecule has 0 unspecified atom stereocenters. The molecule has 1 aromatic carbocycles. The lowest BCUT2D eigenvalue weighted by molar-refractivity contribution is 0.552. The fourth-order valence-electron chi connectivity index (χ4n) is 1.08. The first-order valence-electron chi connectivity index (χ1n) is 3.54. The maximum Gasteiger partial charge on any atom is 0.417 e.